The first kappa shape index (κ1) is 13.1. The van der Waals surface area contributed by atoms with E-state index in [1.165, 1.54) is 36.3 Å². The highest BCUT2D eigenvalue weighted by molar-refractivity contribution is 7.14. The van der Waals surface area contributed by atoms with Gasteiger partial charge in [0.1, 0.15) is 5.82 Å². The van der Waals surface area contributed by atoms with Gasteiger partial charge in [0.15, 0.2) is 5.13 Å². The van der Waals surface area contributed by atoms with Gasteiger partial charge in [-0.25, -0.2) is 9.37 Å². The molecule has 1 aromatic heterocycles. The highest BCUT2D eigenvalue weighted by Gasteiger charge is 2.26. The zero-order chi connectivity index (χ0) is 14.1. The minimum atomic E-state index is -0.446. The van der Waals surface area contributed by atoms with Gasteiger partial charge < -0.3 is 5.32 Å². The van der Waals surface area contributed by atoms with Crippen LogP contribution in [-0.4, -0.2) is 17.9 Å². The molecule has 0 unspecified atom stereocenters. The maximum absolute atomic E-state index is 13.6. The number of aromatic nitrogens is 1. The molecule has 2 aromatic rings. The van der Waals surface area contributed by atoms with Crippen LogP contribution in [0.25, 0.3) is 0 Å². The predicted octanol–water partition coefficient (Wildman–Crippen LogP) is 3.45. The van der Waals surface area contributed by atoms with Crippen LogP contribution in [0.4, 0.5) is 15.2 Å². The fourth-order valence-corrected chi connectivity index (χ4v) is 2.83. The number of hydrogen-bond donors (Lipinski definition) is 2. The average molecular weight is 291 g/mol. The van der Waals surface area contributed by atoms with Gasteiger partial charge in [0.25, 0.3) is 5.91 Å². The van der Waals surface area contributed by atoms with Crippen molar-refractivity contribution in [2.24, 2.45) is 0 Å². The molecule has 1 aromatic carbocycles. The average Bonchev–Trinajstić information content (AvgIpc) is 3.19. The number of thiazole rings is 1. The Morgan fingerprint density at radius 2 is 2.25 bits per heavy atom. The maximum Gasteiger partial charge on any atom is 0.259 e. The summed E-state index contributed by atoms with van der Waals surface area (Å²) in [4.78, 5) is 16.6. The first-order valence-electron chi connectivity index (χ1n) is 6.42. The number of nitrogens with zero attached hydrogens (tertiary/aromatic N) is 1. The Hall–Kier alpha value is -1.95. The summed E-state index contributed by atoms with van der Waals surface area (Å²) in [7, 11) is 1.59. The van der Waals surface area contributed by atoms with E-state index in [2.05, 4.69) is 15.6 Å². The Morgan fingerprint density at radius 3 is 2.95 bits per heavy atom. The number of halogens is 1. The number of anilines is 2. The third-order valence-electron chi connectivity index (χ3n) is 3.25. The number of benzene rings is 1. The number of para-hydroxylation sites is 1. The summed E-state index contributed by atoms with van der Waals surface area (Å²) in [5.41, 5.74) is 1.51. The molecule has 0 aliphatic heterocycles. The molecule has 20 heavy (non-hydrogen) atoms. The Bertz CT molecular complexity index is 652. The van der Waals surface area contributed by atoms with Crippen LogP contribution < -0.4 is 10.6 Å². The molecule has 1 aliphatic rings. The van der Waals surface area contributed by atoms with E-state index in [1.54, 1.807) is 13.1 Å². The predicted molar refractivity (Wildman–Crippen MR) is 78.0 cm³/mol. The molecule has 104 valence electrons. The van der Waals surface area contributed by atoms with Gasteiger partial charge in [-0.05, 0) is 25.0 Å². The zero-order valence-corrected chi connectivity index (χ0v) is 11.8. The zero-order valence-electron chi connectivity index (χ0n) is 10.9. The van der Waals surface area contributed by atoms with E-state index in [1.807, 2.05) is 5.38 Å². The molecule has 3 rings (SSSR count). The van der Waals surface area contributed by atoms with Gasteiger partial charge >= 0.3 is 0 Å². The highest BCUT2D eigenvalue weighted by Crippen LogP contribution is 2.40. The molecule has 4 nitrogen and oxygen atoms in total. The molecule has 0 bridgehead atoms. The molecule has 0 radical (unpaired) electrons. The molecule has 0 spiro atoms. The second-order valence-corrected chi connectivity index (χ2v) is 5.58. The molecule has 1 fully saturated rings. The van der Waals surface area contributed by atoms with Crippen LogP contribution in [-0.2, 0) is 0 Å². The van der Waals surface area contributed by atoms with Gasteiger partial charge in [-0.2, -0.15) is 0 Å². The van der Waals surface area contributed by atoms with E-state index in [0.717, 1.165) is 5.69 Å². The van der Waals surface area contributed by atoms with E-state index in [9.17, 15) is 9.18 Å². The molecule has 1 amide bonds. The summed E-state index contributed by atoms with van der Waals surface area (Å²) in [6, 6.07) is 4.42. The molecule has 6 heteroatoms. The van der Waals surface area contributed by atoms with E-state index < -0.39 is 5.82 Å². The minimum absolute atomic E-state index is 0.198. The number of carbonyl (C=O) groups excluding carboxylic acids is 1. The number of hydrogen-bond acceptors (Lipinski definition) is 4. The number of carbonyl (C=O) groups is 1. The first-order chi connectivity index (χ1) is 9.69. The topological polar surface area (TPSA) is 54.0 Å². The van der Waals surface area contributed by atoms with Crippen LogP contribution in [0.15, 0.2) is 23.6 Å². The lowest BCUT2D eigenvalue weighted by molar-refractivity contribution is 0.102. The molecule has 0 atom stereocenters. The van der Waals surface area contributed by atoms with Gasteiger partial charge in [0.2, 0.25) is 0 Å². The Labute approximate surface area is 120 Å². The summed E-state index contributed by atoms with van der Waals surface area (Å²) in [5, 5.41) is 7.96. The van der Waals surface area contributed by atoms with E-state index in [0.29, 0.717) is 11.0 Å². The van der Waals surface area contributed by atoms with Gasteiger partial charge in [-0.15, -0.1) is 11.3 Å². The number of nitrogens with one attached hydrogen (secondary N) is 2. The lowest BCUT2D eigenvalue weighted by Crippen LogP contribution is -2.14. The Balaban J connectivity index is 1.79. The smallest absolute Gasteiger partial charge is 0.259 e. The lowest BCUT2D eigenvalue weighted by atomic mass is 10.1. The van der Waals surface area contributed by atoms with Crippen LogP contribution in [0.5, 0.6) is 0 Å². The second kappa shape index (κ2) is 5.20. The normalized spacial score (nSPS) is 14.1. The molecular formula is C14H14FN3OS. The van der Waals surface area contributed by atoms with Gasteiger partial charge in [-0.1, -0.05) is 6.07 Å². The summed E-state index contributed by atoms with van der Waals surface area (Å²) < 4.78 is 13.6. The largest absolute Gasteiger partial charge is 0.385 e. The lowest BCUT2D eigenvalue weighted by Gasteiger charge is -2.09. The van der Waals surface area contributed by atoms with Crippen molar-refractivity contribution in [1.29, 1.82) is 0 Å². The molecule has 1 heterocycles. The van der Waals surface area contributed by atoms with Crippen LogP contribution in [0.2, 0.25) is 0 Å². The number of rotatable bonds is 4. The molecular weight excluding hydrogens is 277 g/mol. The number of amides is 1. The van der Waals surface area contributed by atoms with Gasteiger partial charge in [0, 0.05) is 18.3 Å². The van der Waals surface area contributed by atoms with E-state index in [4.69, 9.17) is 0 Å². The van der Waals surface area contributed by atoms with E-state index in [-0.39, 0.29) is 17.2 Å². The summed E-state index contributed by atoms with van der Waals surface area (Å²) in [6.45, 7) is 0. The monoisotopic (exact) mass is 291 g/mol. The quantitative estimate of drug-likeness (QED) is 0.907. The Morgan fingerprint density at radius 1 is 1.45 bits per heavy atom. The van der Waals surface area contributed by atoms with Crippen molar-refractivity contribution >= 4 is 28.1 Å². The second-order valence-electron chi connectivity index (χ2n) is 4.72. The van der Waals surface area contributed by atoms with Crippen molar-refractivity contribution in [1.82, 2.24) is 4.98 Å². The SMILES string of the molecule is CNc1c(F)cccc1C(=O)Nc1nc(C2CC2)cs1. The van der Waals surface area contributed by atoms with Crippen molar-refractivity contribution < 1.29 is 9.18 Å². The molecule has 1 aliphatic carbocycles. The summed E-state index contributed by atoms with van der Waals surface area (Å²) >= 11 is 1.40. The summed E-state index contributed by atoms with van der Waals surface area (Å²) in [6.07, 6.45) is 2.34. The van der Waals surface area contributed by atoms with Crippen molar-refractivity contribution in [2.45, 2.75) is 18.8 Å². The summed E-state index contributed by atoms with van der Waals surface area (Å²) in [5.74, 6) is -0.248. The van der Waals surface area contributed by atoms with Crippen LogP contribution in [0.3, 0.4) is 0 Å². The molecule has 2 N–H and O–H groups in total. The maximum atomic E-state index is 13.6. The van der Waals surface area contributed by atoms with Crippen molar-refractivity contribution in [3.05, 3.63) is 40.7 Å². The van der Waals surface area contributed by atoms with E-state index >= 15 is 0 Å². The fraction of sp³-hybridized carbons (Fsp3) is 0.286. The van der Waals surface area contributed by atoms with Crippen molar-refractivity contribution in [3.8, 4) is 0 Å². The first-order valence-corrected chi connectivity index (χ1v) is 7.30. The minimum Gasteiger partial charge on any atom is -0.385 e. The van der Waals surface area contributed by atoms with Crippen LogP contribution >= 0.6 is 11.3 Å². The Kier molecular flexibility index (Phi) is 3.40. The third kappa shape index (κ3) is 2.51. The van der Waals surface area contributed by atoms with Crippen LogP contribution in [0, 0.1) is 5.82 Å². The fourth-order valence-electron chi connectivity index (χ4n) is 2.04. The van der Waals surface area contributed by atoms with Crippen LogP contribution in [0.1, 0.15) is 34.8 Å². The van der Waals surface area contributed by atoms with Crippen molar-refractivity contribution in [3.63, 3.8) is 0 Å². The molecule has 1 saturated carbocycles. The molecule has 0 saturated heterocycles. The van der Waals surface area contributed by atoms with Gasteiger partial charge in [-0.3, -0.25) is 10.1 Å². The third-order valence-corrected chi connectivity index (χ3v) is 4.02. The highest BCUT2D eigenvalue weighted by atomic mass is 32.1. The van der Waals surface area contributed by atoms with Gasteiger partial charge in [0.05, 0.1) is 16.9 Å². The van der Waals surface area contributed by atoms with Crippen molar-refractivity contribution in [2.75, 3.05) is 17.7 Å². The standard InChI is InChI=1S/C14H14FN3OS/c1-16-12-9(3-2-4-10(12)15)13(19)18-14-17-11(7-20-14)8-5-6-8/h2-4,7-8,16H,5-6H2,1H3,(H,17,18,19).